The number of rotatable bonds is 3. The number of aromatic amines is 1. The normalized spacial score (nSPS) is 10.8. The Kier molecular flexibility index (Phi) is 4.21. The van der Waals surface area contributed by atoms with E-state index in [1.54, 1.807) is 6.07 Å². The maximum absolute atomic E-state index is 12.7. The number of H-pyrrole nitrogens is 1. The van der Waals surface area contributed by atoms with E-state index in [1.807, 2.05) is 0 Å². The lowest BCUT2D eigenvalue weighted by molar-refractivity contribution is -0.117. The Hall–Kier alpha value is -2.88. The highest BCUT2D eigenvalue weighted by Gasteiger charge is 2.11. The number of anilines is 1. The summed E-state index contributed by atoms with van der Waals surface area (Å²) in [4.78, 5) is 43.5. The van der Waals surface area contributed by atoms with E-state index < -0.39 is 29.4 Å². The van der Waals surface area contributed by atoms with Crippen LogP contribution in [0.3, 0.4) is 0 Å². The van der Waals surface area contributed by atoms with Crippen LogP contribution < -0.4 is 16.4 Å². The van der Waals surface area contributed by atoms with Crippen LogP contribution in [-0.4, -0.2) is 25.7 Å². The van der Waals surface area contributed by atoms with Crippen LogP contribution in [0.1, 0.15) is 0 Å². The van der Waals surface area contributed by atoms with Crippen LogP contribution in [0.2, 0.25) is 0 Å². The third-order valence-electron chi connectivity index (χ3n) is 3.11. The molecule has 3 aromatic rings. The minimum Gasteiger partial charge on any atom is -0.293 e. The van der Waals surface area contributed by atoms with Gasteiger partial charge in [-0.05, 0) is 18.2 Å². The third-order valence-corrected chi connectivity index (χ3v) is 3.60. The van der Waals surface area contributed by atoms with Crippen LogP contribution >= 0.6 is 15.9 Å². The highest BCUT2D eigenvalue weighted by atomic mass is 79.9. The van der Waals surface area contributed by atoms with E-state index in [0.717, 1.165) is 17.1 Å². The first-order valence-corrected chi connectivity index (χ1v) is 7.43. The molecule has 8 nitrogen and oxygen atoms in total. The van der Waals surface area contributed by atoms with E-state index in [2.05, 4.69) is 36.3 Å². The van der Waals surface area contributed by atoms with Gasteiger partial charge in [0.15, 0.2) is 5.82 Å². The van der Waals surface area contributed by atoms with Gasteiger partial charge >= 0.3 is 0 Å². The Balaban J connectivity index is 1.90. The van der Waals surface area contributed by atoms with Crippen molar-refractivity contribution in [3.8, 4) is 0 Å². The number of aromatic nitrogens is 4. The van der Waals surface area contributed by atoms with Crippen molar-refractivity contribution in [2.24, 2.45) is 0 Å². The van der Waals surface area contributed by atoms with Gasteiger partial charge < -0.3 is 0 Å². The molecule has 2 aromatic heterocycles. The molecule has 122 valence electrons. The van der Waals surface area contributed by atoms with Crippen molar-refractivity contribution < 1.29 is 9.18 Å². The fraction of sp³-hybridized carbons (Fsp3) is 0.0714. The van der Waals surface area contributed by atoms with Crippen molar-refractivity contribution in [3.63, 3.8) is 0 Å². The highest BCUT2D eigenvalue weighted by Crippen LogP contribution is 2.13. The molecule has 0 fully saturated rings. The second-order valence-corrected chi connectivity index (χ2v) is 5.71. The summed E-state index contributed by atoms with van der Waals surface area (Å²) in [7, 11) is 0. The lowest BCUT2D eigenvalue weighted by Crippen LogP contribution is -2.34. The van der Waals surface area contributed by atoms with E-state index >= 15 is 0 Å². The van der Waals surface area contributed by atoms with Crippen LogP contribution in [0.4, 0.5) is 10.3 Å². The maximum atomic E-state index is 12.7. The molecule has 0 aliphatic rings. The first-order chi connectivity index (χ1) is 11.4. The number of nitrogens with zero attached hydrogens (tertiary/aromatic N) is 3. The van der Waals surface area contributed by atoms with E-state index in [0.29, 0.717) is 4.47 Å². The molecule has 0 atom stereocenters. The Morgan fingerprint density at radius 3 is 2.67 bits per heavy atom. The summed E-state index contributed by atoms with van der Waals surface area (Å²) in [5, 5.41) is 5.05. The summed E-state index contributed by atoms with van der Waals surface area (Å²) in [6.07, 6.45) is 1.79. The molecule has 0 radical (unpaired) electrons. The fourth-order valence-corrected chi connectivity index (χ4v) is 2.43. The van der Waals surface area contributed by atoms with Crippen LogP contribution in [0.5, 0.6) is 0 Å². The SMILES string of the molecule is O=C(Cn1[nH]c(=O)c2cc(Br)ccc2c1=O)Nc1ncc(F)cn1. The van der Waals surface area contributed by atoms with Crippen molar-refractivity contribution in [3.05, 3.63) is 61.6 Å². The van der Waals surface area contributed by atoms with E-state index in [4.69, 9.17) is 0 Å². The number of hydrogen-bond donors (Lipinski definition) is 2. The maximum Gasteiger partial charge on any atom is 0.273 e. The van der Waals surface area contributed by atoms with Crippen LogP contribution in [-0.2, 0) is 11.3 Å². The smallest absolute Gasteiger partial charge is 0.273 e. The molecule has 0 bridgehead atoms. The minimum absolute atomic E-state index is 0.110. The van der Waals surface area contributed by atoms with Crippen molar-refractivity contribution >= 4 is 38.6 Å². The highest BCUT2D eigenvalue weighted by molar-refractivity contribution is 9.10. The third kappa shape index (κ3) is 3.23. The van der Waals surface area contributed by atoms with Gasteiger partial charge in [-0.15, -0.1) is 0 Å². The van der Waals surface area contributed by atoms with Gasteiger partial charge in [-0.25, -0.2) is 19.0 Å². The number of carbonyl (C=O) groups is 1. The zero-order valence-corrected chi connectivity index (χ0v) is 13.5. The second kappa shape index (κ2) is 6.32. The molecule has 24 heavy (non-hydrogen) atoms. The molecule has 0 unspecified atom stereocenters. The molecular formula is C14H9BrFN5O3. The number of fused-ring (bicyclic) bond motifs is 1. The van der Waals surface area contributed by atoms with E-state index in [9.17, 15) is 18.8 Å². The first kappa shape index (κ1) is 16.0. The largest absolute Gasteiger partial charge is 0.293 e. The molecule has 2 heterocycles. The van der Waals surface area contributed by atoms with E-state index in [1.165, 1.54) is 12.1 Å². The molecule has 0 aliphatic heterocycles. The molecule has 0 aliphatic carbocycles. The molecule has 0 saturated carbocycles. The van der Waals surface area contributed by atoms with Gasteiger partial charge in [0.05, 0.1) is 23.2 Å². The summed E-state index contributed by atoms with van der Waals surface area (Å²) < 4.78 is 14.3. The number of amides is 1. The van der Waals surface area contributed by atoms with Gasteiger partial charge in [-0.2, -0.15) is 0 Å². The van der Waals surface area contributed by atoms with Gasteiger partial charge in [0.2, 0.25) is 11.9 Å². The Bertz CT molecular complexity index is 1040. The average Bonchev–Trinajstić information content (AvgIpc) is 2.54. The fourth-order valence-electron chi connectivity index (χ4n) is 2.07. The van der Waals surface area contributed by atoms with Gasteiger partial charge in [0.1, 0.15) is 6.54 Å². The van der Waals surface area contributed by atoms with Crippen LogP contribution in [0, 0.1) is 5.82 Å². The topological polar surface area (TPSA) is 110 Å². The number of carbonyl (C=O) groups excluding carboxylic acids is 1. The van der Waals surface area contributed by atoms with Crippen LogP contribution in [0.15, 0.2) is 44.7 Å². The van der Waals surface area contributed by atoms with Crippen molar-refractivity contribution in [1.29, 1.82) is 0 Å². The Labute approximate surface area is 141 Å². The molecular weight excluding hydrogens is 385 g/mol. The quantitative estimate of drug-likeness (QED) is 0.690. The predicted octanol–water partition coefficient (Wildman–Crippen LogP) is 1.02. The lowest BCUT2D eigenvalue weighted by atomic mass is 10.2. The molecule has 3 rings (SSSR count). The summed E-state index contributed by atoms with van der Waals surface area (Å²) in [6, 6.07) is 4.64. The molecule has 10 heteroatoms. The molecule has 0 spiro atoms. The second-order valence-electron chi connectivity index (χ2n) is 4.80. The first-order valence-electron chi connectivity index (χ1n) is 6.64. The lowest BCUT2D eigenvalue weighted by Gasteiger charge is -2.07. The van der Waals surface area contributed by atoms with Crippen molar-refractivity contribution in [1.82, 2.24) is 19.7 Å². The van der Waals surface area contributed by atoms with E-state index in [-0.39, 0.29) is 16.7 Å². The number of halogens is 2. The minimum atomic E-state index is -0.644. The zero-order chi connectivity index (χ0) is 17.3. The summed E-state index contributed by atoms with van der Waals surface area (Å²) >= 11 is 3.23. The Morgan fingerprint density at radius 1 is 1.25 bits per heavy atom. The van der Waals surface area contributed by atoms with Gasteiger partial charge in [0.25, 0.3) is 11.1 Å². The Morgan fingerprint density at radius 2 is 1.96 bits per heavy atom. The van der Waals surface area contributed by atoms with Gasteiger partial charge in [-0.1, -0.05) is 15.9 Å². The standard InChI is InChI=1S/C14H9BrFN5O3/c15-7-1-2-9-10(3-7)12(23)20-21(13(9)24)6-11(22)19-14-17-4-8(16)5-18-14/h1-5H,6H2,(H,20,23)(H,17,18,19,22). The number of benzene rings is 1. The number of hydrogen-bond acceptors (Lipinski definition) is 5. The number of nitrogens with one attached hydrogen (secondary N) is 2. The van der Waals surface area contributed by atoms with Crippen molar-refractivity contribution in [2.75, 3.05) is 5.32 Å². The van der Waals surface area contributed by atoms with Crippen molar-refractivity contribution in [2.45, 2.75) is 6.54 Å². The molecule has 1 aromatic carbocycles. The summed E-state index contributed by atoms with van der Waals surface area (Å²) in [5.74, 6) is -1.40. The van der Waals surface area contributed by atoms with Gasteiger partial charge in [0, 0.05) is 4.47 Å². The molecule has 1 amide bonds. The zero-order valence-electron chi connectivity index (χ0n) is 11.9. The average molecular weight is 394 g/mol. The van der Waals surface area contributed by atoms with Crippen LogP contribution in [0.25, 0.3) is 10.8 Å². The molecule has 2 N–H and O–H groups in total. The summed E-state index contributed by atoms with van der Waals surface area (Å²) in [5.41, 5.74) is -1.02. The van der Waals surface area contributed by atoms with Gasteiger partial charge in [-0.3, -0.25) is 24.8 Å². The monoisotopic (exact) mass is 393 g/mol. The predicted molar refractivity (Wildman–Crippen MR) is 87.1 cm³/mol. The summed E-state index contributed by atoms with van der Waals surface area (Å²) in [6.45, 7) is -0.444. The molecule has 0 saturated heterocycles.